The zero-order valence-electron chi connectivity index (χ0n) is 9.18. The van der Waals surface area contributed by atoms with Crippen molar-refractivity contribution < 1.29 is 9.47 Å². The van der Waals surface area contributed by atoms with Gasteiger partial charge >= 0.3 is 0 Å². The lowest BCUT2D eigenvalue weighted by atomic mass is 10.3. The van der Waals surface area contributed by atoms with Gasteiger partial charge in [-0.25, -0.2) is 9.97 Å². The monoisotopic (exact) mass is 216 g/mol. The number of methoxy groups -OCH3 is 1. The first-order chi connectivity index (χ1) is 7.78. The van der Waals surface area contributed by atoms with Crippen molar-refractivity contribution in [2.45, 2.75) is 6.92 Å². The van der Waals surface area contributed by atoms with Gasteiger partial charge in [-0.15, -0.1) is 0 Å². The third kappa shape index (κ3) is 2.48. The Hall–Kier alpha value is -2.10. The van der Waals surface area contributed by atoms with E-state index in [2.05, 4.69) is 9.97 Å². The van der Waals surface area contributed by atoms with Crippen molar-refractivity contribution in [1.82, 2.24) is 9.97 Å². The number of ether oxygens (including phenoxy) is 2. The van der Waals surface area contributed by atoms with E-state index in [1.54, 1.807) is 19.5 Å². The van der Waals surface area contributed by atoms with Crippen molar-refractivity contribution in [3.8, 4) is 17.2 Å². The van der Waals surface area contributed by atoms with Crippen molar-refractivity contribution >= 4 is 0 Å². The van der Waals surface area contributed by atoms with Gasteiger partial charge in [0.15, 0.2) is 5.75 Å². The summed E-state index contributed by atoms with van der Waals surface area (Å²) in [4.78, 5) is 8.10. The second-order valence-electron chi connectivity index (χ2n) is 3.24. The first kappa shape index (κ1) is 10.4. The molecular formula is C12H12N2O2. The molecule has 0 radical (unpaired) electrons. The number of aromatic nitrogens is 2. The molecule has 2 rings (SSSR count). The van der Waals surface area contributed by atoms with E-state index >= 15 is 0 Å². The molecule has 1 heterocycles. The maximum atomic E-state index is 5.55. The molecule has 0 amide bonds. The maximum absolute atomic E-state index is 5.55. The quantitative estimate of drug-likeness (QED) is 0.791. The first-order valence-electron chi connectivity index (χ1n) is 4.88. The molecule has 16 heavy (non-hydrogen) atoms. The molecule has 0 aliphatic carbocycles. The van der Waals surface area contributed by atoms with Crippen LogP contribution in [0.25, 0.3) is 0 Å². The van der Waals surface area contributed by atoms with Crippen LogP contribution in [-0.4, -0.2) is 17.1 Å². The molecule has 2 aromatic rings. The van der Waals surface area contributed by atoms with Crippen LogP contribution in [0.4, 0.5) is 0 Å². The molecule has 1 aromatic heterocycles. The molecule has 0 N–H and O–H groups in total. The molecule has 0 saturated carbocycles. The Kier molecular flexibility index (Phi) is 3.00. The minimum atomic E-state index is 0.621. The molecule has 0 spiro atoms. The molecule has 0 aliphatic heterocycles. The van der Waals surface area contributed by atoms with Crippen LogP contribution >= 0.6 is 0 Å². The van der Waals surface area contributed by atoms with E-state index < -0.39 is 0 Å². The number of nitrogens with zero attached hydrogens (tertiary/aromatic N) is 2. The van der Waals surface area contributed by atoms with Gasteiger partial charge in [0.25, 0.3) is 0 Å². The predicted molar refractivity (Wildman–Crippen MR) is 59.8 cm³/mol. The van der Waals surface area contributed by atoms with Crippen LogP contribution in [-0.2, 0) is 0 Å². The summed E-state index contributed by atoms with van der Waals surface area (Å²) in [6.07, 6.45) is 3.29. The molecule has 0 saturated heterocycles. The lowest BCUT2D eigenvalue weighted by molar-refractivity contribution is 0.412. The fourth-order valence-corrected chi connectivity index (χ4v) is 1.21. The number of aryl methyl sites for hydroxylation is 1. The summed E-state index contributed by atoms with van der Waals surface area (Å²) in [7, 11) is 1.63. The Morgan fingerprint density at radius 3 is 2.00 bits per heavy atom. The second kappa shape index (κ2) is 4.61. The van der Waals surface area contributed by atoms with Crippen LogP contribution < -0.4 is 9.47 Å². The van der Waals surface area contributed by atoms with Crippen molar-refractivity contribution in [3.63, 3.8) is 0 Å². The van der Waals surface area contributed by atoms with Gasteiger partial charge in [0, 0.05) is 0 Å². The highest BCUT2D eigenvalue weighted by atomic mass is 16.5. The van der Waals surface area contributed by atoms with Gasteiger partial charge in [-0.3, -0.25) is 0 Å². The largest absolute Gasteiger partial charge is 0.497 e. The Bertz CT molecular complexity index is 451. The Morgan fingerprint density at radius 1 is 0.875 bits per heavy atom. The van der Waals surface area contributed by atoms with Crippen molar-refractivity contribution in [3.05, 3.63) is 42.5 Å². The summed E-state index contributed by atoms with van der Waals surface area (Å²) in [5.41, 5.74) is 0. The van der Waals surface area contributed by atoms with Gasteiger partial charge in [0.05, 0.1) is 19.5 Å². The van der Waals surface area contributed by atoms with Gasteiger partial charge < -0.3 is 9.47 Å². The molecule has 82 valence electrons. The highest BCUT2D eigenvalue weighted by molar-refractivity contribution is 5.33. The van der Waals surface area contributed by atoms with E-state index in [0.29, 0.717) is 5.75 Å². The number of benzene rings is 1. The predicted octanol–water partition coefficient (Wildman–Crippen LogP) is 2.59. The average Bonchev–Trinajstić information content (AvgIpc) is 2.33. The zero-order chi connectivity index (χ0) is 11.4. The average molecular weight is 216 g/mol. The second-order valence-corrected chi connectivity index (χ2v) is 3.24. The van der Waals surface area contributed by atoms with Crippen LogP contribution in [0, 0.1) is 6.92 Å². The van der Waals surface area contributed by atoms with E-state index in [9.17, 15) is 0 Å². The lowest BCUT2D eigenvalue weighted by Crippen LogP contribution is -1.90. The fourth-order valence-electron chi connectivity index (χ4n) is 1.21. The molecule has 0 atom stereocenters. The van der Waals surface area contributed by atoms with Gasteiger partial charge in [-0.2, -0.15) is 0 Å². The van der Waals surface area contributed by atoms with Crippen LogP contribution in [0.15, 0.2) is 36.7 Å². The van der Waals surface area contributed by atoms with E-state index in [1.807, 2.05) is 31.2 Å². The van der Waals surface area contributed by atoms with Crippen LogP contribution in [0.5, 0.6) is 17.2 Å². The van der Waals surface area contributed by atoms with Gasteiger partial charge in [0.1, 0.15) is 17.3 Å². The molecule has 4 nitrogen and oxygen atoms in total. The molecule has 0 unspecified atom stereocenters. The Labute approximate surface area is 93.9 Å². The van der Waals surface area contributed by atoms with E-state index in [0.717, 1.165) is 17.3 Å². The van der Waals surface area contributed by atoms with Crippen LogP contribution in [0.1, 0.15) is 5.82 Å². The standard InChI is InChI=1S/C12H12N2O2/c1-9-13-7-12(8-14-9)16-11-5-3-10(15-2)4-6-11/h3-8H,1-2H3. The lowest BCUT2D eigenvalue weighted by Gasteiger charge is -2.05. The minimum Gasteiger partial charge on any atom is -0.497 e. The van der Waals surface area contributed by atoms with Gasteiger partial charge in [-0.1, -0.05) is 0 Å². The highest BCUT2D eigenvalue weighted by Gasteiger charge is 1.98. The van der Waals surface area contributed by atoms with E-state index in [-0.39, 0.29) is 0 Å². The van der Waals surface area contributed by atoms with Crippen molar-refractivity contribution in [2.75, 3.05) is 7.11 Å². The van der Waals surface area contributed by atoms with Crippen molar-refractivity contribution in [1.29, 1.82) is 0 Å². The maximum Gasteiger partial charge on any atom is 0.164 e. The van der Waals surface area contributed by atoms with Crippen LogP contribution in [0.2, 0.25) is 0 Å². The number of rotatable bonds is 3. The van der Waals surface area contributed by atoms with Crippen molar-refractivity contribution in [2.24, 2.45) is 0 Å². The summed E-state index contributed by atoms with van der Waals surface area (Å²) < 4.78 is 10.6. The van der Waals surface area contributed by atoms with Gasteiger partial charge in [0.2, 0.25) is 0 Å². The third-order valence-corrected chi connectivity index (χ3v) is 2.05. The summed E-state index contributed by atoms with van der Waals surface area (Å²) in [6, 6.07) is 7.34. The first-order valence-corrected chi connectivity index (χ1v) is 4.88. The topological polar surface area (TPSA) is 44.2 Å². The fraction of sp³-hybridized carbons (Fsp3) is 0.167. The normalized spacial score (nSPS) is 9.88. The molecule has 0 aliphatic rings. The number of hydrogen-bond acceptors (Lipinski definition) is 4. The number of hydrogen-bond donors (Lipinski definition) is 0. The third-order valence-electron chi connectivity index (χ3n) is 2.05. The Morgan fingerprint density at radius 2 is 1.44 bits per heavy atom. The van der Waals surface area contributed by atoms with E-state index in [1.165, 1.54) is 0 Å². The van der Waals surface area contributed by atoms with Gasteiger partial charge in [-0.05, 0) is 31.2 Å². The molecular weight excluding hydrogens is 204 g/mol. The Balaban J connectivity index is 2.11. The van der Waals surface area contributed by atoms with E-state index in [4.69, 9.17) is 9.47 Å². The molecule has 4 heteroatoms. The SMILES string of the molecule is COc1ccc(Oc2cnc(C)nc2)cc1. The summed E-state index contributed by atoms with van der Waals surface area (Å²) in [6.45, 7) is 1.83. The summed E-state index contributed by atoms with van der Waals surface area (Å²) in [5.74, 6) is 2.87. The summed E-state index contributed by atoms with van der Waals surface area (Å²) in [5, 5.41) is 0. The summed E-state index contributed by atoms with van der Waals surface area (Å²) >= 11 is 0. The molecule has 0 fully saturated rings. The smallest absolute Gasteiger partial charge is 0.164 e. The molecule has 0 bridgehead atoms. The highest BCUT2D eigenvalue weighted by Crippen LogP contribution is 2.22. The minimum absolute atomic E-state index is 0.621. The molecule has 1 aromatic carbocycles. The zero-order valence-corrected chi connectivity index (χ0v) is 9.18. The van der Waals surface area contributed by atoms with Crippen LogP contribution in [0.3, 0.4) is 0 Å².